The number of hydrogen-bond acceptors (Lipinski definition) is 6. The number of aryl methyl sites for hydroxylation is 1. The summed E-state index contributed by atoms with van der Waals surface area (Å²) in [5, 5.41) is 15.6. The van der Waals surface area contributed by atoms with Gasteiger partial charge in [-0.15, -0.1) is 10.2 Å². The highest BCUT2D eigenvalue weighted by Gasteiger charge is 2.27. The number of benzene rings is 1. The van der Waals surface area contributed by atoms with E-state index in [1.54, 1.807) is 0 Å². The van der Waals surface area contributed by atoms with Crippen molar-refractivity contribution in [3.8, 4) is 0 Å². The summed E-state index contributed by atoms with van der Waals surface area (Å²) in [5.74, 6) is -5.89. The fraction of sp³-hybridized carbons (Fsp3) is 0.182. The average Bonchev–Trinajstić information content (AvgIpc) is 2.76. The zero-order valence-electron chi connectivity index (χ0n) is 10.5. The second-order valence-corrected chi connectivity index (χ2v) is 6.01. The Morgan fingerprint density at radius 2 is 2.00 bits per heavy atom. The van der Waals surface area contributed by atoms with Crippen LogP contribution < -0.4 is 0 Å². The molecule has 1 aromatic heterocycles. The van der Waals surface area contributed by atoms with Crippen LogP contribution in [0, 0.1) is 18.6 Å². The van der Waals surface area contributed by atoms with Crippen molar-refractivity contribution in [3.05, 3.63) is 41.1 Å². The van der Waals surface area contributed by atoms with Crippen LogP contribution in [0.2, 0.25) is 0 Å². The van der Waals surface area contributed by atoms with Crippen molar-refractivity contribution in [3.63, 3.8) is 0 Å². The minimum atomic E-state index is -4.38. The van der Waals surface area contributed by atoms with E-state index in [9.17, 15) is 22.0 Å². The van der Waals surface area contributed by atoms with E-state index >= 15 is 0 Å². The molecule has 21 heavy (non-hydrogen) atoms. The number of rotatable bonds is 4. The summed E-state index contributed by atoms with van der Waals surface area (Å²) in [5.41, 5.74) is -0.686. The van der Waals surface area contributed by atoms with Gasteiger partial charge in [0.1, 0.15) is 10.6 Å². The van der Waals surface area contributed by atoms with Crippen LogP contribution in [0.4, 0.5) is 8.78 Å². The van der Waals surface area contributed by atoms with Crippen molar-refractivity contribution in [2.24, 2.45) is 0 Å². The third-order valence-electron chi connectivity index (χ3n) is 2.46. The maximum absolute atomic E-state index is 13.6. The van der Waals surface area contributed by atoms with Gasteiger partial charge < -0.3 is 9.52 Å². The van der Waals surface area contributed by atoms with Crippen molar-refractivity contribution in [1.82, 2.24) is 10.2 Å². The normalized spacial score (nSPS) is 11.6. The summed E-state index contributed by atoms with van der Waals surface area (Å²) < 4.78 is 55.9. The molecule has 0 unspecified atom stereocenters. The lowest BCUT2D eigenvalue weighted by atomic mass is 10.2. The molecule has 112 valence electrons. The highest BCUT2D eigenvalue weighted by molar-refractivity contribution is 7.90. The molecule has 0 aliphatic rings. The van der Waals surface area contributed by atoms with Gasteiger partial charge in [-0.1, -0.05) is 0 Å². The first-order valence-electron chi connectivity index (χ1n) is 5.45. The minimum absolute atomic E-state index is 0.103. The largest absolute Gasteiger partial charge is 0.478 e. The molecule has 0 aliphatic carbocycles. The minimum Gasteiger partial charge on any atom is -0.478 e. The van der Waals surface area contributed by atoms with Gasteiger partial charge in [0.05, 0.1) is 5.56 Å². The van der Waals surface area contributed by atoms with Crippen LogP contribution in [-0.4, -0.2) is 29.7 Å². The summed E-state index contributed by atoms with van der Waals surface area (Å²) in [7, 11) is -4.38. The Morgan fingerprint density at radius 1 is 1.33 bits per heavy atom. The topological polar surface area (TPSA) is 110 Å². The Kier molecular flexibility index (Phi) is 3.73. The third-order valence-corrected chi connectivity index (χ3v) is 4.05. The van der Waals surface area contributed by atoms with E-state index in [2.05, 4.69) is 10.2 Å². The number of carbonyl (C=O) groups is 1. The summed E-state index contributed by atoms with van der Waals surface area (Å²) in [6.07, 6.45) is 0. The Hall–Kier alpha value is -2.36. The number of halogens is 2. The third kappa shape index (κ3) is 3.05. The molecule has 0 saturated heterocycles. The van der Waals surface area contributed by atoms with Gasteiger partial charge in [-0.3, -0.25) is 0 Å². The summed E-state index contributed by atoms with van der Waals surface area (Å²) in [4.78, 5) is 9.71. The van der Waals surface area contributed by atoms with E-state index in [1.807, 2.05) is 0 Å². The zero-order valence-corrected chi connectivity index (χ0v) is 11.3. The van der Waals surface area contributed by atoms with Crippen LogP contribution in [0.3, 0.4) is 0 Å². The maximum Gasteiger partial charge on any atom is 0.335 e. The second kappa shape index (κ2) is 5.20. The second-order valence-electron chi connectivity index (χ2n) is 4.05. The molecule has 0 bridgehead atoms. The Morgan fingerprint density at radius 3 is 2.52 bits per heavy atom. The molecule has 0 saturated carbocycles. The fourth-order valence-electron chi connectivity index (χ4n) is 1.55. The maximum atomic E-state index is 13.6. The van der Waals surface area contributed by atoms with E-state index in [0.29, 0.717) is 12.1 Å². The molecule has 0 spiro atoms. The predicted octanol–water partition coefficient (Wildman–Crippen LogP) is 1.33. The summed E-state index contributed by atoms with van der Waals surface area (Å²) >= 11 is 0. The first-order chi connectivity index (χ1) is 9.70. The average molecular weight is 318 g/mol. The van der Waals surface area contributed by atoms with Crippen LogP contribution in [-0.2, 0) is 15.6 Å². The highest BCUT2D eigenvalue weighted by atomic mass is 32.2. The van der Waals surface area contributed by atoms with Crippen LogP contribution >= 0.6 is 0 Å². The van der Waals surface area contributed by atoms with Gasteiger partial charge in [0, 0.05) is 6.92 Å². The summed E-state index contributed by atoms with van der Waals surface area (Å²) in [6, 6.07) is 0.937. The van der Waals surface area contributed by atoms with E-state index in [0.717, 1.165) is 0 Å². The first kappa shape index (κ1) is 15.0. The molecule has 10 heteroatoms. The first-order valence-corrected chi connectivity index (χ1v) is 7.10. The smallest absolute Gasteiger partial charge is 0.335 e. The number of aromatic carboxylic acids is 1. The van der Waals surface area contributed by atoms with Crippen LogP contribution in [0.5, 0.6) is 0 Å². The van der Waals surface area contributed by atoms with Gasteiger partial charge in [0.25, 0.3) is 0 Å². The van der Waals surface area contributed by atoms with E-state index in [1.165, 1.54) is 6.92 Å². The number of nitrogens with zero attached hydrogens (tertiary/aromatic N) is 2. The molecule has 0 radical (unpaired) electrons. The molecule has 2 rings (SSSR count). The number of carboxylic acids is 1. The molecular formula is C11H8F2N2O5S. The van der Waals surface area contributed by atoms with Gasteiger partial charge >= 0.3 is 5.97 Å². The van der Waals surface area contributed by atoms with E-state index in [-0.39, 0.29) is 11.8 Å². The predicted molar refractivity (Wildman–Crippen MR) is 63.2 cm³/mol. The molecule has 1 aromatic carbocycles. The van der Waals surface area contributed by atoms with Crippen LogP contribution in [0.1, 0.15) is 22.1 Å². The number of aromatic nitrogens is 2. The number of hydrogen-bond donors (Lipinski definition) is 1. The molecule has 0 atom stereocenters. The van der Waals surface area contributed by atoms with Crippen molar-refractivity contribution in [2.75, 3.05) is 0 Å². The lowest BCUT2D eigenvalue weighted by molar-refractivity contribution is 0.0696. The van der Waals surface area contributed by atoms with Gasteiger partial charge in [-0.05, 0) is 12.1 Å². The molecular weight excluding hydrogens is 310 g/mol. The van der Waals surface area contributed by atoms with Crippen LogP contribution in [0.25, 0.3) is 0 Å². The summed E-state index contributed by atoms with van der Waals surface area (Å²) in [6.45, 7) is 1.43. The van der Waals surface area contributed by atoms with Crippen molar-refractivity contribution in [1.29, 1.82) is 0 Å². The van der Waals surface area contributed by atoms with Crippen molar-refractivity contribution >= 4 is 15.8 Å². The number of carboxylic acid groups (broad SMARTS) is 1. The van der Waals surface area contributed by atoms with E-state index in [4.69, 9.17) is 9.52 Å². The van der Waals surface area contributed by atoms with E-state index < -0.39 is 43.7 Å². The zero-order chi connectivity index (χ0) is 15.8. The Balaban J connectivity index is 2.51. The number of sulfone groups is 1. The van der Waals surface area contributed by atoms with Gasteiger partial charge in [-0.2, -0.15) is 0 Å². The molecule has 2 aromatic rings. The SMILES string of the molecule is Cc1nnc(CS(=O)(=O)c2cc(C(=O)O)cc(F)c2F)o1. The Labute approximate surface area is 117 Å². The lowest BCUT2D eigenvalue weighted by Crippen LogP contribution is -2.11. The van der Waals surface area contributed by atoms with Gasteiger partial charge in [0.2, 0.25) is 11.8 Å². The highest BCUT2D eigenvalue weighted by Crippen LogP contribution is 2.23. The van der Waals surface area contributed by atoms with Crippen molar-refractivity contribution < 1.29 is 31.5 Å². The standard InChI is InChI=1S/C11H8F2N2O5S/c1-5-14-15-9(20-5)4-21(18,19)8-3-6(11(16)17)2-7(12)10(8)13/h2-3H,4H2,1H3,(H,16,17). The van der Waals surface area contributed by atoms with Crippen molar-refractivity contribution in [2.45, 2.75) is 17.6 Å². The molecule has 0 aliphatic heterocycles. The Bertz CT molecular complexity index is 816. The lowest BCUT2D eigenvalue weighted by Gasteiger charge is -2.06. The quantitative estimate of drug-likeness (QED) is 0.905. The molecule has 0 fully saturated rings. The fourth-order valence-corrected chi connectivity index (χ4v) is 2.82. The molecule has 1 N–H and O–H groups in total. The van der Waals surface area contributed by atoms with Gasteiger partial charge in [-0.25, -0.2) is 22.0 Å². The van der Waals surface area contributed by atoms with Crippen LogP contribution in [0.15, 0.2) is 21.4 Å². The molecule has 0 amide bonds. The molecule has 1 heterocycles. The molecule has 7 nitrogen and oxygen atoms in total. The van der Waals surface area contributed by atoms with Gasteiger partial charge in [0.15, 0.2) is 21.5 Å². The monoisotopic (exact) mass is 318 g/mol.